The molecule has 2 aromatic carbocycles. The van der Waals surface area contributed by atoms with Crippen molar-refractivity contribution in [1.82, 2.24) is 51.6 Å². The van der Waals surface area contributed by atoms with Crippen LogP contribution in [0.3, 0.4) is 0 Å². The Morgan fingerprint density at radius 1 is 0.951 bits per heavy atom. The van der Waals surface area contributed by atoms with Crippen molar-refractivity contribution in [3.05, 3.63) is 103 Å². The van der Waals surface area contributed by atoms with Crippen LogP contribution in [-0.4, -0.2) is 117 Å². The Hall–Kier alpha value is -6.97. The van der Waals surface area contributed by atoms with Crippen LogP contribution in [0.4, 0.5) is 4.79 Å². The smallest absolute Gasteiger partial charge is 0.337 e. The van der Waals surface area contributed by atoms with Gasteiger partial charge < -0.3 is 42.7 Å². The average molecular weight is 835 g/mol. The van der Waals surface area contributed by atoms with Crippen molar-refractivity contribution in [3.63, 3.8) is 0 Å². The quantitative estimate of drug-likeness (QED) is 0.0588. The zero-order chi connectivity index (χ0) is 43.7. The molecule has 0 bridgehead atoms. The Bertz CT molecular complexity index is 2200. The van der Waals surface area contributed by atoms with Gasteiger partial charge in [-0.3, -0.25) is 34.3 Å². The number of para-hydroxylation sites is 1. The van der Waals surface area contributed by atoms with Gasteiger partial charge in [0, 0.05) is 54.8 Å². The third-order valence-corrected chi connectivity index (χ3v) is 10.1. The normalized spacial score (nSPS) is 18.3. The van der Waals surface area contributed by atoms with Gasteiger partial charge in [0.25, 0.3) is 5.91 Å². The number of carbonyl (C=O) groups excluding carboxylic acids is 6. The number of fused-ring (bicyclic) bond motifs is 1. The lowest BCUT2D eigenvalue weighted by atomic mass is 10.0. The van der Waals surface area contributed by atoms with Crippen molar-refractivity contribution in [2.45, 2.75) is 75.7 Å². The Balaban J connectivity index is 1.35. The molecule has 0 fully saturated rings. The van der Waals surface area contributed by atoms with E-state index in [1.807, 2.05) is 35.2 Å². The van der Waals surface area contributed by atoms with Gasteiger partial charge in [0.2, 0.25) is 23.6 Å². The highest BCUT2D eigenvalue weighted by molar-refractivity contribution is 5.95. The molecule has 0 radical (unpaired) electrons. The monoisotopic (exact) mass is 834 g/mol. The van der Waals surface area contributed by atoms with Crippen LogP contribution in [0.15, 0.2) is 86.0 Å². The number of nitrogens with two attached hydrogens (primary N) is 2. The molecule has 1 aliphatic rings. The number of imidazole rings is 1. The van der Waals surface area contributed by atoms with Gasteiger partial charge in [-0.15, -0.1) is 6.58 Å². The van der Waals surface area contributed by atoms with Crippen LogP contribution in [0.5, 0.6) is 0 Å². The lowest BCUT2D eigenvalue weighted by Crippen LogP contribution is -2.61. The van der Waals surface area contributed by atoms with E-state index in [1.165, 1.54) is 13.3 Å². The third kappa shape index (κ3) is 13.5. The molecule has 0 aliphatic carbocycles. The van der Waals surface area contributed by atoms with E-state index in [-0.39, 0.29) is 32.2 Å². The summed E-state index contributed by atoms with van der Waals surface area (Å²) in [5.74, 6) is 2.54. The van der Waals surface area contributed by atoms with E-state index in [0.29, 0.717) is 38.2 Å². The second-order valence-corrected chi connectivity index (χ2v) is 14.8. The molecule has 3 heterocycles. The van der Waals surface area contributed by atoms with Crippen molar-refractivity contribution in [1.29, 1.82) is 0 Å². The first-order valence-electron chi connectivity index (χ1n) is 20.1. The Kier molecular flexibility index (Phi) is 16.6. The number of primary amides is 1. The molecule has 7 amide bonds. The number of carbonyl (C=O) groups is 6. The van der Waals surface area contributed by atoms with Gasteiger partial charge in [-0.2, -0.15) is 0 Å². The molecule has 0 spiro atoms. The molecule has 0 saturated carbocycles. The first-order valence-corrected chi connectivity index (χ1v) is 20.1. The fraction of sp³-hybridized carbons (Fsp3) is 0.372. The highest BCUT2D eigenvalue weighted by Crippen LogP contribution is 2.19. The van der Waals surface area contributed by atoms with E-state index in [0.717, 1.165) is 27.0 Å². The summed E-state index contributed by atoms with van der Waals surface area (Å²) >= 11 is 0. The number of benzene rings is 2. The summed E-state index contributed by atoms with van der Waals surface area (Å²) in [6.07, 6.45) is 8.32. The zero-order valence-electron chi connectivity index (χ0n) is 34.1. The molecule has 322 valence electrons. The van der Waals surface area contributed by atoms with Crippen molar-refractivity contribution in [2.75, 3.05) is 26.2 Å². The molecule has 0 saturated heterocycles. The number of nitrogens with one attached hydrogen (secondary N) is 7. The van der Waals surface area contributed by atoms with E-state index >= 15 is 0 Å². The number of nitrogens with zero attached hydrogens (tertiary/aromatic N) is 3. The fourth-order valence-electron chi connectivity index (χ4n) is 6.75. The van der Waals surface area contributed by atoms with Crippen LogP contribution < -0.4 is 38.2 Å². The Morgan fingerprint density at radius 2 is 1.70 bits per heavy atom. The zero-order valence-corrected chi connectivity index (χ0v) is 34.1. The maximum atomic E-state index is 14.0. The number of H-pyrrole nitrogens is 2. The van der Waals surface area contributed by atoms with Crippen LogP contribution in [0, 0.1) is 11.8 Å². The minimum atomic E-state index is -1.24. The molecule has 11 N–H and O–H groups in total. The second-order valence-electron chi connectivity index (χ2n) is 14.8. The lowest BCUT2D eigenvalue weighted by molar-refractivity contribution is -0.133. The molecule has 4 aromatic rings. The number of aromatic amines is 2. The second kappa shape index (κ2) is 22.4. The highest BCUT2D eigenvalue weighted by Gasteiger charge is 2.31. The van der Waals surface area contributed by atoms with E-state index in [2.05, 4.69) is 60.1 Å². The highest BCUT2D eigenvalue weighted by atomic mass is 16.2. The van der Waals surface area contributed by atoms with Gasteiger partial charge in [0.15, 0.2) is 0 Å². The number of aromatic nitrogens is 3. The van der Waals surface area contributed by atoms with Crippen molar-refractivity contribution in [2.24, 2.45) is 11.5 Å². The summed E-state index contributed by atoms with van der Waals surface area (Å²) in [4.78, 5) is 93.3. The maximum absolute atomic E-state index is 14.0. The van der Waals surface area contributed by atoms with Gasteiger partial charge in [-0.05, 0) is 49.9 Å². The number of hydrogen-bond acceptors (Lipinski definition) is 9. The van der Waals surface area contributed by atoms with Crippen LogP contribution in [0.25, 0.3) is 10.9 Å². The minimum absolute atomic E-state index is 0.0510. The summed E-state index contributed by atoms with van der Waals surface area (Å²) < 4.78 is 0. The maximum Gasteiger partial charge on any atom is 0.337 e. The lowest BCUT2D eigenvalue weighted by Gasteiger charge is -2.28. The third-order valence-electron chi connectivity index (χ3n) is 10.1. The van der Waals surface area contributed by atoms with Crippen LogP contribution in [0.2, 0.25) is 0 Å². The van der Waals surface area contributed by atoms with Gasteiger partial charge in [0.1, 0.15) is 30.7 Å². The summed E-state index contributed by atoms with van der Waals surface area (Å²) in [6, 6.07) is 9.99. The van der Waals surface area contributed by atoms with Crippen LogP contribution in [0.1, 0.15) is 43.0 Å². The predicted octanol–water partition coefficient (Wildman–Crippen LogP) is 0.293. The predicted molar refractivity (Wildman–Crippen MR) is 229 cm³/mol. The topological polar surface area (TPSA) is 266 Å². The average Bonchev–Trinajstić information content (AvgIpc) is 3.92. The van der Waals surface area contributed by atoms with Crippen LogP contribution in [-0.2, 0) is 43.2 Å². The molecule has 18 nitrogen and oxygen atoms in total. The molecule has 5 atom stereocenters. The van der Waals surface area contributed by atoms with E-state index in [4.69, 9.17) is 11.5 Å². The first kappa shape index (κ1) is 45.1. The standard InChI is InChI=1S/C43H54N12O6/c1-3-18-54-19-10-9-17-35(38(45)56)50-42(60)36(22-29-13-5-4-6-14-29)52-43(61)55(21-12-11-20-54)53-39(57)28(2)49-41(59)37(23-30-25-47-34-16-8-7-15-32(30)34)51-40(58)33(44)24-31-26-46-27-48-31/h3-8,13-16,25-28,33,35-37,47H,1,9-10,17-24,44H2,2H3,(H2,45,56)(H,46,48)(H,49,59)(H,50,60)(H,51,58)(H,52,61)(H,53,57)/t28-,33-,35?,36?,37+/m0/s1. The molecule has 18 heteroatoms. The van der Waals surface area contributed by atoms with Gasteiger partial charge in [-0.25, -0.2) is 14.8 Å². The molecular formula is C43H54N12O6. The number of urea groups is 1. The molecule has 1 aliphatic heterocycles. The van der Waals surface area contributed by atoms with Gasteiger partial charge >= 0.3 is 6.03 Å². The molecular weight excluding hydrogens is 781 g/mol. The first-order chi connectivity index (χ1) is 29.4. The number of rotatable bonds is 15. The van der Waals surface area contributed by atoms with Crippen molar-refractivity contribution >= 4 is 46.5 Å². The van der Waals surface area contributed by atoms with Gasteiger partial charge in [-0.1, -0.05) is 66.4 Å². The van der Waals surface area contributed by atoms with Crippen molar-refractivity contribution < 1.29 is 28.8 Å². The Morgan fingerprint density at radius 3 is 2.44 bits per heavy atom. The SMILES string of the molecule is C=CCN1CC#CCN(NC(=O)[C@H](C)NC(=O)[C@@H](Cc2c[nH]c3ccccc23)NC(=O)[C@@H](N)Cc2cnc[nH]2)C(=O)NC(Cc2ccccc2)C(=O)NC(C(N)=O)CCCC1. The van der Waals surface area contributed by atoms with Crippen LogP contribution >= 0.6 is 0 Å². The molecule has 2 aromatic heterocycles. The molecule has 2 unspecified atom stereocenters. The Labute approximate surface area is 354 Å². The largest absolute Gasteiger partial charge is 0.368 e. The summed E-state index contributed by atoms with van der Waals surface area (Å²) in [5.41, 5.74) is 17.4. The molecule has 5 rings (SSSR count). The van der Waals surface area contributed by atoms with Gasteiger partial charge in [0.05, 0.1) is 18.9 Å². The van der Waals surface area contributed by atoms with E-state index in [9.17, 15) is 28.8 Å². The minimum Gasteiger partial charge on any atom is -0.368 e. The van der Waals surface area contributed by atoms with Crippen molar-refractivity contribution in [3.8, 4) is 11.8 Å². The van der Waals surface area contributed by atoms with E-state index in [1.54, 1.807) is 42.7 Å². The number of hydrogen-bond donors (Lipinski definition) is 9. The summed E-state index contributed by atoms with van der Waals surface area (Å²) in [6.45, 7) is 6.41. The summed E-state index contributed by atoms with van der Waals surface area (Å²) in [7, 11) is 0. The number of amides is 7. The summed E-state index contributed by atoms with van der Waals surface area (Å²) in [5, 5.41) is 12.6. The number of hydrazine groups is 1. The fourth-order valence-corrected chi connectivity index (χ4v) is 6.75. The van der Waals surface area contributed by atoms with E-state index < -0.39 is 65.8 Å². The molecule has 61 heavy (non-hydrogen) atoms.